The molecule has 3 heteroatoms. The third-order valence-electron chi connectivity index (χ3n) is 3.20. The SMILES string of the molecule is O[C@@H](CNCc1ccccc1)COCC1=CCCC=C1. The van der Waals surface area contributed by atoms with E-state index in [2.05, 4.69) is 35.7 Å². The molecule has 0 radical (unpaired) electrons. The largest absolute Gasteiger partial charge is 0.389 e. The Hall–Kier alpha value is -1.42. The molecule has 2 rings (SSSR count). The van der Waals surface area contributed by atoms with Crippen molar-refractivity contribution in [3.63, 3.8) is 0 Å². The van der Waals surface area contributed by atoms with Gasteiger partial charge in [-0.1, -0.05) is 48.6 Å². The van der Waals surface area contributed by atoms with Crippen LogP contribution in [0.4, 0.5) is 0 Å². The first-order valence-electron chi connectivity index (χ1n) is 7.20. The fourth-order valence-corrected chi connectivity index (χ4v) is 2.13. The zero-order chi connectivity index (χ0) is 14.0. The molecule has 1 aromatic rings. The molecule has 0 heterocycles. The van der Waals surface area contributed by atoms with Crippen LogP contribution in [0, 0.1) is 0 Å². The first-order valence-corrected chi connectivity index (χ1v) is 7.20. The van der Waals surface area contributed by atoms with Gasteiger partial charge in [0, 0.05) is 13.1 Å². The Bertz CT molecular complexity index is 440. The van der Waals surface area contributed by atoms with Gasteiger partial charge in [0.2, 0.25) is 0 Å². The minimum Gasteiger partial charge on any atom is -0.389 e. The summed E-state index contributed by atoms with van der Waals surface area (Å²) in [6.07, 6.45) is 8.21. The number of allylic oxidation sites excluding steroid dienone is 2. The molecule has 20 heavy (non-hydrogen) atoms. The van der Waals surface area contributed by atoms with Crippen LogP contribution in [0.3, 0.4) is 0 Å². The second kappa shape index (κ2) is 8.69. The van der Waals surface area contributed by atoms with Crippen LogP contribution in [0.1, 0.15) is 18.4 Å². The first kappa shape index (κ1) is 15.0. The number of hydrogen-bond acceptors (Lipinski definition) is 3. The third-order valence-corrected chi connectivity index (χ3v) is 3.20. The normalized spacial score (nSPS) is 15.9. The Balaban J connectivity index is 1.55. The van der Waals surface area contributed by atoms with Gasteiger partial charge in [-0.3, -0.25) is 0 Å². The molecular weight excluding hydrogens is 250 g/mol. The van der Waals surface area contributed by atoms with Crippen LogP contribution in [0.2, 0.25) is 0 Å². The Morgan fingerprint density at radius 2 is 2.05 bits per heavy atom. The van der Waals surface area contributed by atoms with Crippen LogP contribution in [0.25, 0.3) is 0 Å². The van der Waals surface area contributed by atoms with E-state index < -0.39 is 6.10 Å². The summed E-state index contributed by atoms with van der Waals surface area (Å²) in [4.78, 5) is 0. The van der Waals surface area contributed by atoms with Crippen LogP contribution in [-0.2, 0) is 11.3 Å². The van der Waals surface area contributed by atoms with Crippen molar-refractivity contribution < 1.29 is 9.84 Å². The van der Waals surface area contributed by atoms with E-state index in [-0.39, 0.29) is 0 Å². The summed E-state index contributed by atoms with van der Waals surface area (Å²) >= 11 is 0. The molecule has 3 nitrogen and oxygen atoms in total. The van der Waals surface area contributed by atoms with E-state index in [0.29, 0.717) is 19.8 Å². The molecule has 108 valence electrons. The van der Waals surface area contributed by atoms with Crippen LogP contribution in [0.15, 0.2) is 54.1 Å². The van der Waals surface area contributed by atoms with E-state index in [1.165, 1.54) is 11.1 Å². The zero-order valence-corrected chi connectivity index (χ0v) is 11.8. The number of ether oxygens (including phenoxy) is 1. The standard InChI is InChI=1S/C17H23NO2/c19-17(12-18-11-15-7-3-1-4-8-15)14-20-13-16-9-5-2-6-10-16/h1,3-5,7-10,17-19H,2,6,11-14H2/t17-/m0/s1. The van der Waals surface area contributed by atoms with Crippen LogP contribution in [0.5, 0.6) is 0 Å². The zero-order valence-electron chi connectivity index (χ0n) is 11.8. The van der Waals surface area contributed by atoms with Crippen molar-refractivity contribution in [2.24, 2.45) is 0 Å². The van der Waals surface area contributed by atoms with Gasteiger partial charge in [0.25, 0.3) is 0 Å². The monoisotopic (exact) mass is 273 g/mol. The predicted molar refractivity (Wildman–Crippen MR) is 81.4 cm³/mol. The van der Waals surface area contributed by atoms with Gasteiger partial charge >= 0.3 is 0 Å². The van der Waals surface area contributed by atoms with E-state index in [9.17, 15) is 5.11 Å². The Morgan fingerprint density at radius 1 is 1.20 bits per heavy atom. The molecule has 0 fully saturated rings. The van der Waals surface area contributed by atoms with Crippen molar-refractivity contribution in [3.8, 4) is 0 Å². The molecule has 0 saturated carbocycles. The Kier molecular flexibility index (Phi) is 6.51. The molecule has 0 amide bonds. The quantitative estimate of drug-likeness (QED) is 0.764. The summed E-state index contributed by atoms with van der Waals surface area (Å²) in [6, 6.07) is 10.2. The highest BCUT2D eigenvalue weighted by atomic mass is 16.5. The summed E-state index contributed by atoms with van der Waals surface area (Å²) < 4.78 is 5.53. The minimum absolute atomic E-state index is 0.368. The summed E-state index contributed by atoms with van der Waals surface area (Å²) in [6.45, 7) is 2.27. The van der Waals surface area contributed by atoms with Crippen molar-refractivity contribution in [2.75, 3.05) is 19.8 Å². The van der Waals surface area contributed by atoms with Crippen molar-refractivity contribution in [1.82, 2.24) is 5.32 Å². The fourth-order valence-electron chi connectivity index (χ4n) is 2.13. The van der Waals surface area contributed by atoms with Crippen molar-refractivity contribution >= 4 is 0 Å². The molecule has 1 aliphatic carbocycles. The molecule has 1 aromatic carbocycles. The average Bonchev–Trinajstić information content (AvgIpc) is 2.49. The number of aliphatic hydroxyl groups excluding tert-OH is 1. The summed E-state index contributed by atoms with van der Waals surface area (Å²) in [7, 11) is 0. The van der Waals surface area contributed by atoms with E-state index >= 15 is 0 Å². The second-order valence-electron chi connectivity index (χ2n) is 5.04. The third kappa shape index (κ3) is 5.70. The van der Waals surface area contributed by atoms with Crippen LogP contribution in [-0.4, -0.2) is 31.0 Å². The molecule has 0 aliphatic heterocycles. The first-order chi connectivity index (χ1) is 9.84. The number of hydrogen-bond donors (Lipinski definition) is 2. The molecule has 1 atom stereocenters. The maximum Gasteiger partial charge on any atom is 0.0897 e. The maximum absolute atomic E-state index is 9.83. The molecule has 2 N–H and O–H groups in total. The summed E-state index contributed by atoms with van der Waals surface area (Å²) in [5, 5.41) is 13.1. The Morgan fingerprint density at radius 3 is 2.80 bits per heavy atom. The van der Waals surface area contributed by atoms with E-state index in [1.807, 2.05) is 18.2 Å². The lowest BCUT2D eigenvalue weighted by atomic mass is 10.1. The van der Waals surface area contributed by atoms with E-state index in [4.69, 9.17) is 4.74 Å². The maximum atomic E-state index is 9.83. The highest BCUT2D eigenvalue weighted by molar-refractivity contribution is 5.22. The lowest BCUT2D eigenvalue weighted by Crippen LogP contribution is -2.30. The van der Waals surface area contributed by atoms with Crippen molar-refractivity contribution in [1.29, 1.82) is 0 Å². The molecule has 0 bridgehead atoms. The molecule has 0 saturated heterocycles. The topological polar surface area (TPSA) is 41.5 Å². The van der Waals surface area contributed by atoms with E-state index in [0.717, 1.165) is 19.4 Å². The van der Waals surface area contributed by atoms with Crippen molar-refractivity contribution in [2.45, 2.75) is 25.5 Å². The molecule has 0 spiro atoms. The molecule has 0 aromatic heterocycles. The smallest absolute Gasteiger partial charge is 0.0897 e. The number of nitrogens with one attached hydrogen (secondary N) is 1. The predicted octanol–water partition coefficient (Wildman–Crippen LogP) is 2.43. The lowest BCUT2D eigenvalue weighted by molar-refractivity contribution is 0.0473. The van der Waals surface area contributed by atoms with Gasteiger partial charge in [0.05, 0.1) is 19.3 Å². The van der Waals surface area contributed by atoms with Gasteiger partial charge in [-0.15, -0.1) is 0 Å². The van der Waals surface area contributed by atoms with Crippen molar-refractivity contribution in [3.05, 3.63) is 59.7 Å². The van der Waals surface area contributed by atoms with E-state index in [1.54, 1.807) is 0 Å². The Labute approximate surface area is 121 Å². The minimum atomic E-state index is -0.466. The van der Waals surface area contributed by atoms with Crippen LogP contribution < -0.4 is 5.32 Å². The summed E-state index contributed by atoms with van der Waals surface area (Å²) in [5.41, 5.74) is 2.43. The average molecular weight is 273 g/mol. The van der Waals surface area contributed by atoms with Gasteiger partial charge in [-0.25, -0.2) is 0 Å². The number of aliphatic hydroxyl groups is 1. The molecule has 1 aliphatic rings. The fraction of sp³-hybridized carbons (Fsp3) is 0.412. The lowest BCUT2D eigenvalue weighted by Gasteiger charge is -2.13. The number of benzene rings is 1. The second-order valence-corrected chi connectivity index (χ2v) is 5.04. The highest BCUT2D eigenvalue weighted by Crippen LogP contribution is 2.09. The molecule has 0 unspecified atom stereocenters. The van der Waals surface area contributed by atoms with Gasteiger partial charge in [0.15, 0.2) is 0 Å². The van der Waals surface area contributed by atoms with Gasteiger partial charge in [-0.05, 0) is 24.0 Å². The van der Waals surface area contributed by atoms with Gasteiger partial charge < -0.3 is 15.2 Å². The molecular formula is C17H23NO2. The van der Waals surface area contributed by atoms with Gasteiger partial charge in [0.1, 0.15) is 0 Å². The van der Waals surface area contributed by atoms with Gasteiger partial charge in [-0.2, -0.15) is 0 Å². The van der Waals surface area contributed by atoms with Crippen LogP contribution >= 0.6 is 0 Å². The highest BCUT2D eigenvalue weighted by Gasteiger charge is 2.05. The summed E-state index contributed by atoms with van der Waals surface area (Å²) in [5.74, 6) is 0. The number of rotatable bonds is 8.